The lowest BCUT2D eigenvalue weighted by Gasteiger charge is -2.01. The van der Waals surface area contributed by atoms with Gasteiger partial charge in [-0.25, -0.2) is 0 Å². The van der Waals surface area contributed by atoms with Gasteiger partial charge in [-0.1, -0.05) is 30.3 Å². The summed E-state index contributed by atoms with van der Waals surface area (Å²) in [6.07, 6.45) is 1.08. The van der Waals surface area contributed by atoms with Crippen LogP contribution in [0.15, 0.2) is 30.3 Å². The molecular weight excluding hydrogens is 180 g/mol. The first-order chi connectivity index (χ1) is 6.83. The summed E-state index contributed by atoms with van der Waals surface area (Å²) in [6.45, 7) is 0.249. The van der Waals surface area contributed by atoms with Crippen molar-refractivity contribution in [1.82, 2.24) is 0 Å². The van der Waals surface area contributed by atoms with Crippen LogP contribution in [0.2, 0.25) is 0 Å². The van der Waals surface area contributed by atoms with E-state index in [0.29, 0.717) is 0 Å². The Labute approximate surface area is 81.7 Å². The summed E-state index contributed by atoms with van der Waals surface area (Å²) in [4.78, 5) is 13.7. The third kappa shape index (κ3) is 3.65. The van der Waals surface area contributed by atoms with Gasteiger partial charge in [-0.15, -0.1) is 0 Å². The van der Waals surface area contributed by atoms with Crippen molar-refractivity contribution in [3.05, 3.63) is 41.4 Å². The van der Waals surface area contributed by atoms with E-state index in [2.05, 4.69) is 4.79 Å². The number of esters is 1. The molecule has 0 N–H and O–H groups in total. The second kappa shape index (κ2) is 5.67. The van der Waals surface area contributed by atoms with Crippen molar-refractivity contribution >= 4 is 12.2 Å². The summed E-state index contributed by atoms with van der Waals surface area (Å²) in [6, 6.07) is 9.38. The summed E-state index contributed by atoms with van der Waals surface area (Å²) < 4.78 is 4.89. The summed E-state index contributed by atoms with van der Waals surface area (Å²) in [5.74, 6) is -0.411. The molecule has 1 aromatic carbocycles. The predicted molar refractivity (Wildman–Crippen MR) is 50.5 cm³/mol. The van der Waals surface area contributed by atoms with E-state index in [9.17, 15) is 4.79 Å². The Kier molecular flexibility index (Phi) is 4.11. The van der Waals surface area contributed by atoms with Gasteiger partial charge in [0.15, 0.2) is 0 Å². The second-order valence-electron chi connectivity index (χ2n) is 2.65. The van der Waals surface area contributed by atoms with E-state index in [1.54, 1.807) is 0 Å². The molecule has 0 atom stereocenters. The van der Waals surface area contributed by atoms with Crippen LogP contribution in [0.1, 0.15) is 12.0 Å². The van der Waals surface area contributed by atoms with Crippen molar-refractivity contribution in [2.45, 2.75) is 13.0 Å². The van der Waals surface area contributed by atoms with Crippen LogP contribution < -0.4 is 0 Å². The number of ether oxygens (including phenoxy) is 1. The molecule has 0 unspecified atom stereocenters. The number of nitrogens with zero attached hydrogens (tertiary/aromatic N) is 2. The zero-order chi connectivity index (χ0) is 10.2. The second-order valence-corrected chi connectivity index (χ2v) is 2.65. The Morgan fingerprint density at radius 1 is 1.43 bits per heavy atom. The summed E-state index contributed by atoms with van der Waals surface area (Å²) in [7, 11) is 0. The number of benzene rings is 1. The number of carbonyl (C=O) groups excluding carboxylic acids is 1. The predicted octanol–water partition coefficient (Wildman–Crippen LogP) is 1.42. The molecule has 1 rings (SSSR count). The van der Waals surface area contributed by atoms with Crippen LogP contribution in [-0.2, 0) is 16.1 Å². The molecule has 0 spiro atoms. The van der Waals surface area contributed by atoms with Gasteiger partial charge >= 0.3 is 5.97 Å². The van der Waals surface area contributed by atoms with Gasteiger partial charge in [0.05, 0.1) is 0 Å². The minimum atomic E-state index is -0.411. The highest BCUT2D eigenvalue weighted by Gasteiger charge is 2.02. The third-order valence-corrected chi connectivity index (χ3v) is 1.58. The SMILES string of the molecule is [N-]=[N+]=CCC(=O)OCc1ccccc1. The monoisotopic (exact) mass is 190 g/mol. The molecule has 4 nitrogen and oxygen atoms in total. The van der Waals surface area contributed by atoms with E-state index < -0.39 is 5.97 Å². The fraction of sp³-hybridized carbons (Fsp3) is 0.200. The lowest BCUT2D eigenvalue weighted by atomic mass is 10.2. The molecule has 0 bridgehead atoms. The fourth-order valence-corrected chi connectivity index (χ4v) is 0.912. The first-order valence-electron chi connectivity index (χ1n) is 4.18. The summed E-state index contributed by atoms with van der Waals surface area (Å²) >= 11 is 0. The molecule has 0 saturated carbocycles. The molecule has 0 fully saturated rings. The Morgan fingerprint density at radius 2 is 2.14 bits per heavy atom. The zero-order valence-corrected chi connectivity index (χ0v) is 7.59. The largest absolute Gasteiger partial charge is 0.460 e. The zero-order valence-electron chi connectivity index (χ0n) is 7.59. The van der Waals surface area contributed by atoms with Gasteiger partial charge in [-0.2, -0.15) is 4.79 Å². The molecule has 72 valence electrons. The minimum absolute atomic E-state index is 0.0106. The van der Waals surface area contributed by atoms with Crippen molar-refractivity contribution in [2.24, 2.45) is 0 Å². The number of hydrogen-bond acceptors (Lipinski definition) is 2. The smallest absolute Gasteiger partial charge is 0.317 e. The van der Waals surface area contributed by atoms with Gasteiger partial charge in [0.1, 0.15) is 13.0 Å². The number of hydrogen-bond donors (Lipinski definition) is 0. The molecule has 14 heavy (non-hydrogen) atoms. The maximum absolute atomic E-state index is 11.0. The van der Waals surface area contributed by atoms with Gasteiger partial charge in [-0.05, 0) is 5.56 Å². The maximum Gasteiger partial charge on any atom is 0.317 e. The van der Waals surface area contributed by atoms with Crippen molar-refractivity contribution in [2.75, 3.05) is 0 Å². The lowest BCUT2D eigenvalue weighted by Crippen LogP contribution is -2.04. The Hall–Kier alpha value is -1.93. The van der Waals surface area contributed by atoms with Crippen molar-refractivity contribution in [3.63, 3.8) is 0 Å². The highest BCUT2D eigenvalue weighted by atomic mass is 16.5. The molecule has 4 heteroatoms. The van der Waals surface area contributed by atoms with Crippen molar-refractivity contribution in [3.8, 4) is 0 Å². The number of carbonyl (C=O) groups is 1. The molecule has 0 radical (unpaired) electrons. The Bertz CT molecular complexity index is 342. The molecule has 0 aliphatic heterocycles. The standard InChI is InChI=1S/C10H10N2O2/c11-12-7-6-10(13)14-8-9-4-2-1-3-5-9/h1-5,7H,6,8H2. The van der Waals surface area contributed by atoms with E-state index in [-0.39, 0.29) is 13.0 Å². The average molecular weight is 190 g/mol. The number of rotatable bonds is 4. The van der Waals surface area contributed by atoms with Crippen LogP contribution in [0.3, 0.4) is 0 Å². The van der Waals surface area contributed by atoms with Gasteiger partial charge in [0.25, 0.3) is 6.21 Å². The minimum Gasteiger partial charge on any atom is -0.460 e. The van der Waals surface area contributed by atoms with Crippen LogP contribution in [0.4, 0.5) is 0 Å². The van der Waals surface area contributed by atoms with E-state index in [1.807, 2.05) is 30.3 Å². The molecule has 0 heterocycles. The maximum atomic E-state index is 11.0. The van der Waals surface area contributed by atoms with Crippen LogP contribution in [0.5, 0.6) is 0 Å². The third-order valence-electron chi connectivity index (χ3n) is 1.58. The van der Waals surface area contributed by atoms with Crippen LogP contribution in [-0.4, -0.2) is 17.0 Å². The normalized spacial score (nSPS) is 8.86. The Balaban J connectivity index is 2.34. The van der Waals surface area contributed by atoms with E-state index in [1.165, 1.54) is 0 Å². The molecular formula is C10H10N2O2. The molecule has 0 aromatic heterocycles. The molecule has 1 aromatic rings. The summed E-state index contributed by atoms with van der Waals surface area (Å²) in [5, 5.41) is 0. The molecule has 0 aliphatic carbocycles. The van der Waals surface area contributed by atoms with E-state index >= 15 is 0 Å². The summed E-state index contributed by atoms with van der Waals surface area (Å²) in [5.41, 5.74) is 8.99. The van der Waals surface area contributed by atoms with E-state index in [0.717, 1.165) is 11.8 Å². The van der Waals surface area contributed by atoms with Crippen LogP contribution in [0.25, 0.3) is 5.53 Å². The van der Waals surface area contributed by atoms with Gasteiger partial charge < -0.3 is 10.3 Å². The first kappa shape index (κ1) is 10.2. The van der Waals surface area contributed by atoms with Gasteiger partial charge in [0.2, 0.25) is 0 Å². The van der Waals surface area contributed by atoms with E-state index in [4.69, 9.17) is 10.3 Å². The van der Waals surface area contributed by atoms with Crippen LogP contribution >= 0.6 is 0 Å². The highest BCUT2D eigenvalue weighted by molar-refractivity contribution is 5.83. The fourth-order valence-electron chi connectivity index (χ4n) is 0.912. The Morgan fingerprint density at radius 3 is 2.79 bits per heavy atom. The average Bonchev–Trinajstić information content (AvgIpc) is 2.25. The lowest BCUT2D eigenvalue weighted by molar-refractivity contribution is -0.143. The molecule has 0 aliphatic rings. The van der Waals surface area contributed by atoms with Crippen molar-refractivity contribution < 1.29 is 14.3 Å². The quantitative estimate of drug-likeness (QED) is 0.312. The molecule has 0 amide bonds. The molecule has 0 saturated heterocycles. The highest BCUT2D eigenvalue weighted by Crippen LogP contribution is 2.00. The van der Waals surface area contributed by atoms with Gasteiger partial charge in [0, 0.05) is 0 Å². The van der Waals surface area contributed by atoms with Gasteiger partial charge in [-0.3, -0.25) is 4.79 Å². The van der Waals surface area contributed by atoms with Crippen molar-refractivity contribution in [1.29, 1.82) is 0 Å². The topological polar surface area (TPSA) is 62.7 Å². The first-order valence-corrected chi connectivity index (χ1v) is 4.18. The van der Waals surface area contributed by atoms with Crippen LogP contribution in [0, 0.1) is 0 Å².